The molecule has 0 N–H and O–H groups in total. The molecule has 0 aliphatic heterocycles. The van der Waals surface area contributed by atoms with E-state index in [0.29, 0.717) is 5.56 Å². The Bertz CT molecular complexity index is 501. The van der Waals surface area contributed by atoms with Crippen LogP contribution in [-0.2, 0) is 6.42 Å². The van der Waals surface area contributed by atoms with Gasteiger partial charge in [0.25, 0.3) is 0 Å². The largest absolute Gasteiger partial charge is 0.207 e. The lowest BCUT2D eigenvalue weighted by atomic mass is 10.0. The fourth-order valence-electron chi connectivity index (χ4n) is 1.80. The lowest BCUT2D eigenvalue weighted by molar-refractivity contribution is 0.619. The molecule has 0 bridgehead atoms. The van der Waals surface area contributed by atoms with Gasteiger partial charge in [-0.1, -0.05) is 37.3 Å². The predicted molar refractivity (Wildman–Crippen MR) is 66.0 cm³/mol. The molecule has 2 aromatic rings. The Morgan fingerprint density at radius 3 is 2.44 bits per heavy atom. The number of aryl methyl sites for hydroxylation is 2. The zero-order valence-electron chi connectivity index (χ0n) is 9.63. The van der Waals surface area contributed by atoms with Crippen LogP contribution in [0.5, 0.6) is 0 Å². The molecule has 82 valence electrons. The Morgan fingerprint density at radius 1 is 1.00 bits per heavy atom. The second kappa shape index (κ2) is 4.48. The van der Waals surface area contributed by atoms with Crippen molar-refractivity contribution in [3.05, 3.63) is 59.4 Å². The van der Waals surface area contributed by atoms with Crippen molar-refractivity contribution in [2.45, 2.75) is 20.3 Å². The third-order valence-corrected chi connectivity index (χ3v) is 2.83. The minimum atomic E-state index is -0.143. The molecule has 2 rings (SSSR count). The van der Waals surface area contributed by atoms with Gasteiger partial charge in [-0.2, -0.15) is 0 Å². The van der Waals surface area contributed by atoms with E-state index in [1.165, 1.54) is 11.6 Å². The third-order valence-electron chi connectivity index (χ3n) is 2.83. The Balaban J connectivity index is 2.46. The van der Waals surface area contributed by atoms with Crippen LogP contribution in [-0.4, -0.2) is 0 Å². The van der Waals surface area contributed by atoms with E-state index in [2.05, 4.69) is 25.1 Å². The maximum atomic E-state index is 13.2. The highest BCUT2D eigenvalue weighted by atomic mass is 19.1. The first kappa shape index (κ1) is 10.9. The van der Waals surface area contributed by atoms with Gasteiger partial charge in [0.15, 0.2) is 0 Å². The number of hydrogen-bond donors (Lipinski definition) is 0. The fraction of sp³-hybridized carbons (Fsp3) is 0.200. The molecule has 0 aliphatic carbocycles. The summed E-state index contributed by atoms with van der Waals surface area (Å²) in [5.74, 6) is -0.143. The van der Waals surface area contributed by atoms with Crippen molar-refractivity contribution < 1.29 is 4.39 Å². The molecule has 0 nitrogen and oxygen atoms in total. The average molecular weight is 214 g/mol. The Labute approximate surface area is 95.7 Å². The molecule has 0 spiro atoms. The second-order valence-corrected chi connectivity index (χ2v) is 4.02. The molecule has 0 fully saturated rings. The highest BCUT2D eigenvalue weighted by Gasteiger charge is 2.02. The Kier molecular flexibility index (Phi) is 3.04. The zero-order chi connectivity index (χ0) is 11.5. The van der Waals surface area contributed by atoms with Gasteiger partial charge in [0, 0.05) is 0 Å². The van der Waals surface area contributed by atoms with Gasteiger partial charge < -0.3 is 0 Å². The van der Waals surface area contributed by atoms with Crippen molar-refractivity contribution in [3.8, 4) is 11.1 Å². The summed E-state index contributed by atoms with van der Waals surface area (Å²) in [6, 6.07) is 13.6. The molecular weight excluding hydrogens is 199 g/mol. The van der Waals surface area contributed by atoms with E-state index >= 15 is 0 Å². The average Bonchev–Trinajstić information content (AvgIpc) is 2.33. The summed E-state index contributed by atoms with van der Waals surface area (Å²) in [6.07, 6.45) is 1.02. The van der Waals surface area contributed by atoms with Crippen molar-refractivity contribution in [1.82, 2.24) is 0 Å². The summed E-state index contributed by atoms with van der Waals surface area (Å²) >= 11 is 0. The van der Waals surface area contributed by atoms with E-state index in [9.17, 15) is 4.39 Å². The van der Waals surface area contributed by atoms with Gasteiger partial charge in [-0.25, -0.2) is 4.39 Å². The van der Waals surface area contributed by atoms with Gasteiger partial charge in [-0.3, -0.25) is 0 Å². The molecule has 2 aromatic carbocycles. The standard InChI is InChI=1S/C15H15F/c1-3-12-5-4-6-13(10-12)14-7-8-15(16)11(2)9-14/h4-10H,3H2,1-2H3. The van der Waals surface area contributed by atoms with Crippen LogP contribution in [0, 0.1) is 12.7 Å². The fourth-order valence-corrected chi connectivity index (χ4v) is 1.80. The van der Waals surface area contributed by atoms with Gasteiger partial charge in [0.2, 0.25) is 0 Å². The molecule has 0 atom stereocenters. The molecular formula is C15H15F. The van der Waals surface area contributed by atoms with Crippen molar-refractivity contribution in [2.24, 2.45) is 0 Å². The number of hydrogen-bond acceptors (Lipinski definition) is 0. The van der Waals surface area contributed by atoms with E-state index in [4.69, 9.17) is 0 Å². The van der Waals surface area contributed by atoms with E-state index < -0.39 is 0 Å². The Morgan fingerprint density at radius 2 is 1.75 bits per heavy atom. The molecule has 0 saturated carbocycles. The lowest BCUT2D eigenvalue weighted by Gasteiger charge is -2.05. The smallest absolute Gasteiger partial charge is 0.126 e. The summed E-state index contributed by atoms with van der Waals surface area (Å²) in [5.41, 5.74) is 4.23. The van der Waals surface area contributed by atoms with Gasteiger partial charge in [0.05, 0.1) is 0 Å². The topological polar surface area (TPSA) is 0 Å². The molecule has 0 amide bonds. The van der Waals surface area contributed by atoms with Crippen molar-refractivity contribution in [2.75, 3.05) is 0 Å². The van der Waals surface area contributed by atoms with Crippen LogP contribution >= 0.6 is 0 Å². The minimum absolute atomic E-state index is 0.143. The quantitative estimate of drug-likeness (QED) is 0.696. The summed E-state index contributed by atoms with van der Waals surface area (Å²) in [4.78, 5) is 0. The van der Waals surface area contributed by atoms with Crippen LogP contribution in [0.4, 0.5) is 4.39 Å². The highest BCUT2D eigenvalue weighted by molar-refractivity contribution is 5.64. The highest BCUT2D eigenvalue weighted by Crippen LogP contribution is 2.22. The number of benzene rings is 2. The second-order valence-electron chi connectivity index (χ2n) is 4.02. The van der Waals surface area contributed by atoms with Crippen LogP contribution < -0.4 is 0 Å². The molecule has 0 aromatic heterocycles. The van der Waals surface area contributed by atoms with Crippen LogP contribution in [0.2, 0.25) is 0 Å². The van der Waals surface area contributed by atoms with Crippen LogP contribution in [0.3, 0.4) is 0 Å². The number of halogens is 1. The zero-order valence-corrected chi connectivity index (χ0v) is 9.63. The molecule has 1 heteroatoms. The molecule has 0 saturated heterocycles. The van der Waals surface area contributed by atoms with Crippen LogP contribution in [0.15, 0.2) is 42.5 Å². The summed E-state index contributed by atoms with van der Waals surface area (Å²) in [5, 5.41) is 0. The lowest BCUT2D eigenvalue weighted by Crippen LogP contribution is -1.86. The van der Waals surface area contributed by atoms with Gasteiger partial charge in [-0.05, 0) is 47.7 Å². The SMILES string of the molecule is CCc1cccc(-c2ccc(F)c(C)c2)c1. The monoisotopic (exact) mass is 214 g/mol. The maximum absolute atomic E-state index is 13.2. The normalized spacial score (nSPS) is 10.4. The van der Waals surface area contributed by atoms with Crippen LogP contribution in [0.1, 0.15) is 18.1 Å². The molecule has 0 aliphatic rings. The molecule has 0 unspecified atom stereocenters. The summed E-state index contributed by atoms with van der Waals surface area (Å²) in [6.45, 7) is 3.93. The van der Waals surface area contributed by atoms with Crippen molar-refractivity contribution in [3.63, 3.8) is 0 Å². The van der Waals surface area contributed by atoms with Crippen LogP contribution in [0.25, 0.3) is 11.1 Å². The van der Waals surface area contributed by atoms with E-state index in [1.54, 1.807) is 6.92 Å². The molecule has 0 radical (unpaired) electrons. The first-order chi connectivity index (χ1) is 7.70. The van der Waals surface area contributed by atoms with Crippen molar-refractivity contribution >= 4 is 0 Å². The van der Waals surface area contributed by atoms with E-state index in [1.807, 2.05) is 18.2 Å². The first-order valence-electron chi connectivity index (χ1n) is 5.56. The molecule has 16 heavy (non-hydrogen) atoms. The van der Waals surface area contributed by atoms with Gasteiger partial charge in [0.1, 0.15) is 5.82 Å². The summed E-state index contributed by atoms with van der Waals surface area (Å²) in [7, 11) is 0. The third kappa shape index (κ3) is 2.13. The number of rotatable bonds is 2. The minimum Gasteiger partial charge on any atom is -0.207 e. The molecule has 0 heterocycles. The maximum Gasteiger partial charge on any atom is 0.126 e. The van der Waals surface area contributed by atoms with E-state index in [-0.39, 0.29) is 5.82 Å². The van der Waals surface area contributed by atoms with Gasteiger partial charge >= 0.3 is 0 Å². The van der Waals surface area contributed by atoms with Crippen molar-refractivity contribution in [1.29, 1.82) is 0 Å². The Hall–Kier alpha value is -1.63. The van der Waals surface area contributed by atoms with E-state index in [0.717, 1.165) is 17.5 Å². The predicted octanol–water partition coefficient (Wildman–Crippen LogP) is 4.36. The first-order valence-corrected chi connectivity index (χ1v) is 5.56. The van der Waals surface area contributed by atoms with Gasteiger partial charge in [-0.15, -0.1) is 0 Å². The summed E-state index contributed by atoms with van der Waals surface area (Å²) < 4.78 is 13.2.